The molecule has 0 aliphatic heterocycles. The molecular weight excluding hydrogens is 248 g/mol. The lowest BCUT2D eigenvalue weighted by Crippen LogP contribution is -2.12. The van der Waals surface area contributed by atoms with E-state index in [4.69, 9.17) is 9.15 Å². The SMILES string of the molecule is COc1ccc(CNCc2ccco2)cc1[N+](=O)[O-]. The molecule has 0 saturated carbocycles. The van der Waals surface area contributed by atoms with Crippen LogP contribution in [0.2, 0.25) is 0 Å². The lowest BCUT2D eigenvalue weighted by Gasteiger charge is -2.06. The average Bonchev–Trinajstić information content (AvgIpc) is 2.91. The summed E-state index contributed by atoms with van der Waals surface area (Å²) in [6.07, 6.45) is 1.61. The molecule has 0 bridgehead atoms. The van der Waals surface area contributed by atoms with Gasteiger partial charge in [0.15, 0.2) is 5.75 Å². The summed E-state index contributed by atoms with van der Waals surface area (Å²) in [5.74, 6) is 1.09. The van der Waals surface area contributed by atoms with Gasteiger partial charge in [-0.1, -0.05) is 6.07 Å². The van der Waals surface area contributed by atoms with E-state index in [0.717, 1.165) is 11.3 Å². The van der Waals surface area contributed by atoms with Gasteiger partial charge < -0.3 is 14.5 Å². The maximum absolute atomic E-state index is 10.9. The summed E-state index contributed by atoms with van der Waals surface area (Å²) in [6.45, 7) is 1.10. The van der Waals surface area contributed by atoms with E-state index in [0.29, 0.717) is 13.1 Å². The third-order valence-corrected chi connectivity index (χ3v) is 2.65. The van der Waals surface area contributed by atoms with E-state index in [9.17, 15) is 10.1 Å². The third kappa shape index (κ3) is 3.32. The second kappa shape index (κ2) is 6.01. The van der Waals surface area contributed by atoms with Crippen LogP contribution < -0.4 is 10.1 Å². The van der Waals surface area contributed by atoms with Crippen molar-refractivity contribution in [3.8, 4) is 5.75 Å². The van der Waals surface area contributed by atoms with E-state index in [1.807, 2.05) is 12.1 Å². The van der Waals surface area contributed by atoms with Crippen LogP contribution in [-0.4, -0.2) is 12.0 Å². The molecule has 0 aliphatic carbocycles. The molecule has 0 aliphatic rings. The fraction of sp³-hybridized carbons (Fsp3) is 0.231. The van der Waals surface area contributed by atoms with Gasteiger partial charge in [-0.3, -0.25) is 10.1 Å². The molecular formula is C13H14N2O4. The van der Waals surface area contributed by atoms with Gasteiger partial charge in [-0.15, -0.1) is 0 Å². The van der Waals surface area contributed by atoms with Crippen molar-refractivity contribution in [2.75, 3.05) is 7.11 Å². The minimum Gasteiger partial charge on any atom is -0.490 e. The van der Waals surface area contributed by atoms with Gasteiger partial charge in [-0.2, -0.15) is 0 Å². The van der Waals surface area contributed by atoms with Crippen molar-refractivity contribution in [1.29, 1.82) is 0 Å². The molecule has 0 radical (unpaired) electrons. The van der Waals surface area contributed by atoms with Crippen LogP contribution >= 0.6 is 0 Å². The highest BCUT2D eigenvalue weighted by Gasteiger charge is 2.14. The van der Waals surface area contributed by atoms with Crippen molar-refractivity contribution in [2.24, 2.45) is 0 Å². The summed E-state index contributed by atoms with van der Waals surface area (Å²) in [6, 6.07) is 8.58. The standard InChI is InChI=1S/C13H14N2O4/c1-18-13-5-4-10(7-12(13)15(16)17)8-14-9-11-3-2-6-19-11/h2-7,14H,8-9H2,1H3. The van der Waals surface area contributed by atoms with Crippen LogP contribution in [0.5, 0.6) is 5.75 Å². The van der Waals surface area contributed by atoms with E-state index in [1.165, 1.54) is 13.2 Å². The van der Waals surface area contributed by atoms with Crippen LogP contribution in [0.1, 0.15) is 11.3 Å². The first kappa shape index (κ1) is 13.1. The van der Waals surface area contributed by atoms with Crippen molar-refractivity contribution in [3.05, 3.63) is 58.0 Å². The summed E-state index contributed by atoms with van der Waals surface area (Å²) in [5, 5.41) is 14.0. The quantitative estimate of drug-likeness (QED) is 0.639. The van der Waals surface area contributed by atoms with Gasteiger partial charge in [0.05, 0.1) is 24.8 Å². The first-order chi connectivity index (χ1) is 9.20. The molecule has 19 heavy (non-hydrogen) atoms. The third-order valence-electron chi connectivity index (χ3n) is 2.65. The molecule has 0 amide bonds. The van der Waals surface area contributed by atoms with Gasteiger partial charge in [0.1, 0.15) is 5.76 Å². The molecule has 0 spiro atoms. The number of ether oxygens (including phenoxy) is 1. The number of nitrogens with zero attached hydrogens (tertiary/aromatic N) is 1. The van der Waals surface area contributed by atoms with Crippen LogP contribution in [0.25, 0.3) is 0 Å². The summed E-state index contributed by atoms with van der Waals surface area (Å²) >= 11 is 0. The van der Waals surface area contributed by atoms with Crippen LogP contribution in [0, 0.1) is 10.1 Å². The van der Waals surface area contributed by atoms with Gasteiger partial charge in [-0.05, 0) is 23.8 Å². The Kier molecular flexibility index (Phi) is 4.15. The monoisotopic (exact) mass is 262 g/mol. The fourth-order valence-electron chi connectivity index (χ4n) is 1.73. The summed E-state index contributed by atoms with van der Waals surface area (Å²) in [7, 11) is 1.41. The van der Waals surface area contributed by atoms with Crippen LogP contribution in [0.3, 0.4) is 0 Å². The number of benzene rings is 1. The Labute approximate surface area is 110 Å². The van der Waals surface area contributed by atoms with E-state index >= 15 is 0 Å². The summed E-state index contributed by atoms with van der Waals surface area (Å²) in [4.78, 5) is 10.4. The van der Waals surface area contributed by atoms with E-state index in [2.05, 4.69) is 5.32 Å². The van der Waals surface area contributed by atoms with Gasteiger partial charge in [0, 0.05) is 12.6 Å². The largest absolute Gasteiger partial charge is 0.490 e. The first-order valence-corrected chi connectivity index (χ1v) is 5.75. The number of nitro benzene ring substituents is 1. The number of hydrogen-bond acceptors (Lipinski definition) is 5. The Hall–Kier alpha value is -2.34. The van der Waals surface area contributed by atoms with Crippen LogP contribution in [0.15, 0.2) is 41.0 Å². The number of furan rings is 1. The smallest absolute Gasteiger partial charge is 0.311 e. The molecule has 2 rings (SSSR count). The predicted octanol–water partition coefficient (Wildman–Crippen LogP) is 2.49. The van der Waals surface area contributed by atoms with E-state index in [1.54, 1.807) is 18.4 Å². The van der Waals surface area contributed by atoms with Crippen molar-refractivity contribution >= 4 is 5.69 Å². The first-order valence-electron chi connectivity index (χ1n) is 5.75. The number of nitro groups is 1. The fourth-order valence-corrected chi connectivity index (χ4v) is 1.73. The Morgan fingerprint density at radius 1 is 1.37 bits per heavy atom. The number of methoxy groups -OCH3 is 1. The van der Waals surface area contributed by atoms with Gasteiger partial charge in [-0.25, -0.2) is 0 Å². The molecule has 0 fully saturated rings. The van der Waals surface area contributed by atoms with Crippen molar-refractivity contribution in [3.63, 3.8) is 0 Å². The Balaban J connectivity index is 2.00. The van der Waals surface area contributed by atoms with Crippen molar-refractivity contribution in [1.82, 2.24) is 5.32 Å². The average molecular weight is 262 g/mol. The number of nitrogens with one attached hydrogen (secondary N) is 1. The molecule has 0 unspecified atom stereocenters. The minimum atomic E-state index is -0.450. The highest BCUT2D eigenvalue weighted by molar-refractivity contribution is 5.48. The second-order valence-corrected chi connectivity index (χ2v) is 3.95. The zero-order valence-corrected chi connectivity index (χ0v) is 10.5. The topological polar surface area (TPSA) is 77.5 Å². The highest BCUT2D eigenvalue weighted by atomic mass is 16.6. The minimum absolute atomic E-state index is 0.0280. The Bertz CT molecular complexity index is 552. The van der Waals surface area contributed by atoms with Gasteiger partial charge >= 0.3 is 5.69 Å². The summed E-state index contributed by atoms with van der Waals surface area (Å²) < 4.78 is 10.1. The van der Waals surface area contributed by atoms with Crippen molar-refractivity contribution in [2.45, 2.75) is 13.1 Å². The zero-order valence-electron chi connectivity index (χ0n) is 10.5. The Morgan fingerprint density at radius 2 is 2.21 bits per heavy atom. The molecule has 2 aromatic rings. The van der Waals surface area contributed by atoms with Crippen LogP contribution in [-0.2, 0) is 13.1 Å². The van der Waals surface area contributed by atoms with Crippen molar-refractivity contribution < 1.29 is 14.1 Å². The van der Waals surface area contributed by atoms with Gasteiger partial charge in [0.25, 0.3) is 0 Å². The molecule has 0 saturated heterocycles. The van der Waals surface area contributed by atoms with Crippen LogP contribution in [0.4, 0.5) is 5.69 Å². The molecule has 1 heterocycles. The maximum Gasteiger partial charge on any atom is 0.311 e. The number of rotatable bonds is 6. The predicted molar refractivity (Wildman–Crippen MR) is 68.9 cm³/mol. The molecule has 1 N–H and O–H groups in total. The molecule has 1 aromatic heterocycles. The summed E-state index contributed by atoms with van der Waals surface area (Å²) in [5.41, 5.74) is 0.791. The second-order valence-electron chi connectivity index (χ2n) is 3.95. The lowest BCUT2D eigenvalue weighted by atomic mass is 10.2. The molecule has 100 valence electrons. The van der Waals surface area contributed by atoms with E-state index < -0.39 is 4.92 Å². The molecule has 6 nitrogen and oxygen atoms in total. The zero-order chi connectivity index (χ0) is 13.7. The normalized spacial score (nSPS) is 10.4. The Morgan fingerprint density at radius 3 is 2.84 bits per heavy atom. The lowest BCUT2D eigenvalue weighted by molar-refractivity contribution is -0.385. The molecule has 6 heteroatoms. The van der Waals surface area contributed by atoms with E-state index in [-0.39, 0.29) is 11.4 Å². The maximum atomic E-state index is 10.9. The molecule has 1 aromatic carbocycles. The number of hydrogen-bond donors (Lipinski definition) is 1. The van der Waals surface area contributed by atoms with Gasteiger partial charge in [0.2, 0.25) is 0 Å². The highest BCUT2D eigenvalue weighted by Crippen LogP contribution is 2.27. The molecule has 0 atom stereocenters.